The van der Waals surface area contributed by atoms with Crippen molar-refractivity contribution in [1.29, 1.82) is 0 Å². The lowest BCUT2D eigenvalue weighted by Gasteiger charge is -2.22. The Bertz CT molecular complexity index is 1380. The minimum atomic E-state index is -1.10. The van der Waals surface area contributed by atoms with Crippen molar-refractivity contribution in [3.63, 3.8) is 0 Å². The van der Waals surface area contributed by atoms with Crippen molar-refractivity contribution in [3.05, 3.63) is 94.0 Å². The molecule has 1 N–H and O–H groups in total. The number of aliphatic hydroxyl groups is 1. The molecule has 3 heterocycles. The SMILES string of the molecule is C=CCOC(=O)c1sc(N2C(=O)C(=O)/C(=C(\O)c3ccc(C)c(F)c3)C2c2cccnc2)nc1C. The van der Waals surface area contributed by atoms with Gasteiger partial charge in [0.15, 0.2) is 5.13 Å². The third-order valence-corrected chi connectivity index (χ3v) is 6.54. The van der Waals surface area contributed by atoms with E-state index in [1.165, 1.54) is 30.6 Å². The van der Waals surface area contributed by atoms with Crippen molar-refractivity contribution in [2.45, 2.75) is 19.9 Å². The van der Waals surface area contributed by atoms with Gasteiger partial charge in [0.25, 0.3) is 5.78 Å². The number of amides is 1. The zero-order chi connectivity index (χ0) is 25.3. The number of aryl methyl sites for hydroxylation is 2. The van der Waals surface area contributed by atoms with Gasteiger partial charge >= 0.3 is 11.9 Å². The molecule has 0 radical (unpaired) electrons. The molecule has 1 saturated heterocycles. The van der Waals surface area contributed by atoms with Gasteiger partial charge in [0.1, 0.15) is 23.1 Å². The molecule has 1 unspecified atom stereocenters. The predicted octanol–water partition coefficient (Wildman–Crippen LogP) is 4.26. The van der Waals surface area contributed by atoms with Crippen LogP contribution in [0.3, 0.4) is 0 Å². The fraction of sp³-hybridized carbons (Fsp3) is 0.160. The molecular weight excluding hydrogens is 473 g/mol. The Morgan fingerprint density at radius 1 is 1.31 bits per heavy atom. The second-order valence-electron chi connectivity index (χ2n) is 7.72. The number of thiazole rings is 1. The summed E-state index contributed by atoms with van der Waals surface area (Å²) in [7, 11) is 0. The van der Waals surface area contributed by atoms with Crippen LogP contribution in [0.1, 0.15) is 38.1 Å². The molecule has 0 aliphatic carbocycles. The van der Waals surface area contributed by atoms with Gasteiger partial charge in [-0.25, -0.2) is 14.2 Å². The van der Waals surface area contributed by atoms with Crippen LogP contribution in [0, 0.1) is 19.7 Å². The largest absolute Gasteiger partial charge is 0.507 e. The first-order valence-corrected chi connectivity index (χ1v) is 11.3. The number of ether oxygens (including phenoxy) is 1. The van der Waals surface area contributed by atoms with Crippen molar-refractivity contribution in [1.82, 2.24) is 9.97 Å². The highest BCUT2D eigenvalue weighted by atomic mass is 32.1. The summed E-state index contributed by atoms with van der Waals surface area (Å²) >= 11 is 0.882. The summed E-state index contributed by atoms with van der Waals surface area (Å²) < 4.78 is 19.3. The van der Waals surface area contributed by atoms with Gasteiger partial charge in [-0.1, -0.05) is 42.2 Å². The van der Waals surface area contributed by atoms with Crippen LogP contribution in [0.5, 0.6) is 0 Å². The van der Waals surface area contributed by atoms with Crippen LogP contribution in [-0.2, 0) is 14.3 Å². The maximum Gasteiger partial charge on any atom is 0.350 e. The van der Waals surface area contributed by atoms with Gasteiger partial charge in [0, 0.05) is 18.0 Å². The van der Waals surface area contributed by atoms with Gasteiger partial charge in [-0.15, -0.1) is 0 Å². The minimum absolute atomic E-state index is 0.00118. The minimum Gasteiger partial charge on any atom is -0.507 e. The molecule has 0 spiro atoms. The van der Waals surface area contributed by atoms with E-state index in [4.69, 9.17) is 4.74 Å². The second-order valence-corrected chi connectivity index (χ2v) is 8.70. The van der Waals surface area contributed by atoms with Crippen LogP contribution in [0.4, 0.5) is 9.52 Å². The summed E-state index contributed by atoms with van der Waals surface area (Å²) in [6.07, 6.45) is 4.39. The Hall–Kier alpha value is -4.18. The van der Waals surface area contributed by atoms with E-state index in [0.717, 1.165) is 22.3 Å². The van der Waals surface area contributed by atoms with Gasteiger partial charge in [-0.2, -0.15) is 0 Å². The molecule has 1 aliphatic heterocycles. The number of hydrogen-bond donors (Lipinski definition) is 1. The molecular formula is C25H20FN3O5S. The van der Waals surface area contributed by atoms with E-state index < -0.39 is 35.3 Å². The number of nitrogens with zero attached hydrogens (tertiary/aromatic N) is 3. The highest BCUT2D eigenvalue weighted by Crippen LogP contribution is 2.43. The normalized spacial score (nSPS) is 17.0. The second kappa shape index (κ2) is 9.59. The number of carbonyl (C=O) groups excluding carboxylic acids is 3. The van der Waals surface area contributed by atoms with Crippen molar-refractivity contribution in [2.24, 2.45) is 0 Å². The summed E-state index contributed by atoms with van der Waals surface area (Å²) in [6.45, 7) is 6.64. The van der Waals surface area contributed by atoms with Crippen LogP contribution >= 0.6 is 11.3 Å². The number of esters is 1. The molecule has 0 saturated carbocycles. The number of halogens is 1. The Morgan fingerprint density at radius 3 is 2.74 bits per heavy atom. The van der Waals surface area contributed by atoms with Crippen molar-refractivity contribution in [2.75, 3.05) is 11.5 Å². The molecule has 1 aromatic carbocycles. The third kappa shape index (κ3) is 4.35. The van der Waals surface area contributed by atoms with Gasteiger partial charge in [-0.05, 0) is 37.1 Å². The topological polar surface area (TPSA) is 110 Å². The van der Waals surface area contributed by atoms with Crippen LogP contribution < -0.4 is 4.90 Å². The van der Waals surface area contributed by atoms with E-state index in [0.29, 0.717) is 16.8 Å². The zero-order valence-electron chi connectivity index (χ0n) is 18.8. The lowest BCUT2D eigenvalue weighted by atomic mass is 9.96. The Morgan fingerprint density at radius 2 is 2.09 bits per heavy atom. The molecule has 178 valence electrons. The number of aliphatic hydroxyl groups excluding tert-OH is 1. The lowest BCUT2D eigenvalue weighted by molar-refractivity contribution is -0.132. The molecule has 4 rings (SSSR count). The van der Waals surface area contributed by atoms with Crippen LogP contribution in [-0.4, -0.2) is 39.3 Å². The van der Waals surface area contributed by atoms with E-state index >= 15 is 0 Å². The van der Waals surface area contributed by atoms with E-state index in [1.54, 1.807) is 26.0 Å². The van der Waals surface area contributed by atoms with Crippen LogP contribution in [0.15, 0.2) is 61.0 Å². The number of rotatable bonds is 6. The first-order valence-electron chi connectivity index (χ1n) is 10.5. The maximum absolute atomic E-state index is 14.2. The molecule has 1 aliphatic rings. The Kier molecular flexibility index (Phi) is 6.57. The van der Waals surface area contributed by atoms with Crippen LogP contribution in [0.2, 0.25) is 0 Å². The average Bonchev–Trinajstić information content (AvgIpc) is 3.36. The van der Waals surface area contributed by atoms with Gasteiger partial charge in [-0.3, -0.25) is 19.5 Å². The van der Waals surface area contributed by atoms with Crippen LogP contribution in [0.25, 0.3) is 5.76 Å². The molecule has 1 fully saturated rings. The maximum atomic E-state index is 14.2. The van der Waals surface area contributed by atoms with E-state index in [1.807, 2.05) is 0 Å². The van der Waals surface area contributed by atoms with Crippen molar-refractivity contribution >= 4 is 39.9 Å². The number of benzene rings is 1. The van der Waals surface area contributed by atoms with E-state index in [9.17, 15) is 23.9 Å². The first kappa shape index (κ1) is 24.0. The summed E-state index contributed by atoms with van der Waals surface area (Å²) in [5.41, 5.74) is 0.898. The highest BCUT2D eigenvalue weighted by Gasteiger charge is 2.48. The van der Waals surface area contributed by atoms with Crippen molar-refractivity contribution in [3.8, 4) is 0 Å². The number of pyridine rings is 1. The van der Waals surface area contributed by atoms with Gasteiger partial charge < -0.3 is 9.84 Å². The van der Waals surface area contributed by atoms with Gasteiger partial charge in [0.05, 0.1) is 17.3 Å². The fourth-order valence-corrected chi connectivity index (χ4v) is 4.64. The highest BCUT2D eigenvalue weighted by molar-refractivity contribution is 7.17. The molecule has 1 amide bonds. The fourth-order valence-electron chi connectivity index (χ4n) is 3.65. The number of aromatic nitrogens is 2. The molecule has 2 aromatic heterocycles. The third-order valence-electron chi connectivity index (χ3n) is 5.40. The molecule has 10 heteroatoms. The van der Waals surface area contributed by atoms with Gasteiger partial charge in [0.2, 0.25) is 0 Å². The monoisotopic (exact) mass is 493 g/mol. The van der Waals surface area contributed by atoms with Crippen molar-refractivity contribution < 1.29 is 28.6 Å². The molecule has 3 aromatic rings. The summed E-state index contributed by atoms with van der Waals surface area (Å²) in [4.78, 5) is 48.4. The zero-order valence-corrected chi connectivity index (χ0v) is 19.6. The quantitative estimate of drug-likeness (QED) is 0.180. The Labute approximate surface area is 204 Å². The number of carbonyl (C=O) groups is 3. The number of anilines is 1. The summed E-state index contributed by atoms with van der Waals surface area (Å²) in [6, 6.07) is 6.18. The average molecular weight is 494 g/mol. The first-order chi connectivity index (χ1) is 16.7. The number of ketones is 1. The molecule has 8 nitrogen and oxygen atoms in total. The predicted molar refractivity (Wildman–Crippen MR) is 127 cm³/mol. The molecule has 0 bridgehead atoms. The number of Topliss-reactive ketones (excluding diaryl/α,β-unsaturated/α-hetero) is 1. The Balaban J connectivity index is 1.88. The molecule has 35 heavy (non-hydrogen) atoms. The standard InChI is InChI=1S/C25H20FN3O5S/c1-4-10-34-24(33)22-14(3)28-25(35-22)29-19(16-6-5-9-27-12-16)18(21(31)23(29)32)20(30)15-8-7-13(2)17(26)11-15/h4-9,11-12,19,30H,1,10H2,2-3H3/b20-18-. The summed E-state index contributed by atoms with van der Waals surface area (Å²) in [5.74, 6) is -3.67. The smallest absolute Gasteiger partial charge is 0.350 e. The summed E-state index contributed by atoms with van der Waals surface area (Å²) in [5, 5.41) is 11.1. The lowest BCUT2D eigenvalue weighted by Crippen LogP contribution is -2.29. The van der Waals surface area contributed by atoms with E-state index in [-0.39, 0.29) is 27.8 Å². The number of hydrogen-bond acceptors (Lipinski definition) is 8. The molecule has 1 atom stereocenters. The van der Waals surface area contributed by atoms with E-state index in [2.05, 4.69) is 16.5 Å².